The standard InChI is InChI=1S/C18H27FN2O4S/c1-3-21-26(24,25)14-9-10-16(19)15(11-14)17(22)20-12-18(2,23)13-7-5-4-6-8-13/h9-11,13,21,23H,3-8,12H2,1-2H3,(H,20,22)/t18-/m1/s1. The smallest absolute Gasteiger partial charge is 0.254 e. The molecule has 6 nitrogen and oxygen atoms in total. The van der Waals surface area contributed by atoms with Crippen LogP contribution >= 0.6 is 0 Å². The van der Waals surface area contributed by atoms with E-state index in [2.05, 4.69) is 10.0 Å². The Morgan fingerprint density at radius 3 is 2.58 bits per heavy atom. The van der Waals surface area contributed by atoms with Crippen molar-refractivity contribution >= 4 is 15.9 Å². The number of nitrogens with one attached hydrogen (secondary N) is 2. The van der Waals surface area contributed by atoms with Gasteiger partial charge < -0.3 is 10.4 Å². The lowest BCUT2D eigenvalue weighted by Gasteiger charge is -2.35. The first-order chi connectivity index (χ1) is 12.2. The number of aliphatic hydroxyl groups is 1. The zero-order valence-electron chi connectivity index (χ0n) is 15.2. The molecular formula is C18H27FN2O4S. The lowest BCUT2D eigenvalue weighted by atomic mass is 9.78. The summed E-state index contributed by atoms with van der Waals surface area (Å²) in [4.78, 5) is 12.2. The van der Waals surface area contributed by atoms with E-state index in [1.165, 1.54) is 0 Å². The quantitative estimate of drug-likeness (QED) is 0.669. The van der Waals surface area contributed by atoms with Crippen molar-refractivity contribution in [2.24, 2.45) is 5.92 Å². The minimum absolute atomic E-state index is 0.0138. The minimum atomic E-state index is -3.79. The Kier molecular flexibility index (Phi) is 6.76. The summed E-state index contributed by atoms with van der Waals surface area (Å²) in [6.07, 6.45) is 5.04. The Labute approximate surface area is 154 Å². The molecule has 1 aliphatic rings. The Morgan fingerprint density at radius 1 is 1.31 bits per heavy atom. The van der Waals surface area contributed by atoms with E-state index in [0.717, 1.165) is 50.3 Å². The van der Waals surface area contributed by atoms with Gasteiger partial charge in [-0.1, -0.05) is 26.2 Å². The van der Waals surface area contributed by atoms with Crippen LogP contribution in [0.1, 0.15) is 56.3 Å². The van der Waals surface area contributed by atoms with E-state index in [1.807, 2.05) is 0 Å². The van der Waals surface area contributed by atoms with E-state index in [1.54, 1.807) is 13.8 Å². The maximum Gasteiger partial charge on any atom is 0.254 e. The van der Waals surface area contributed by atoms with Gasteiger partial charge in [-0.15, -0.1) is 0 Å². The summed E-state index contributed by atoms with van der Waals surface area (Å²) < 4.78 is 40.4. The Hall–Kier alpha value is -1.51. The van der Waals surface area contributed by atoms with Crippen LogP contribution in [0, 0.1) is 11.7 Å². The van der Waals surface area contributed by atoms with Crippen molar-refractivity contribution in [2.75, 3.05) is 13.1 Å². The zero-order valence-corrected chi connectivity index (χ0v) is 16.0. The summed E-state index contributed by atoms with van der Waals surface area (Å²) in [7, 11) is -3.79. The van der Waals surface area contributed by atoms with E-state index < -0.39 is 27.3 Å². The molecular weight excluding hydrogens is 359 g/mol. The van der Waals surface area contributed by atoms with Crippen molar-refractivity contribution in [1.29, 1.82) is 0 Å². The van der Waals surface area contributed by atoms with Gasteiger partial charge in [0.25, 0.3) is 5.91 Å². The summed E-state index contributed by atoms with van der Waals surface area (Å²) in [5.74, 6) is -1.47. The first-order valence-corrected chi connectivity index (χ1v) is 10.5. The SMILES string of the molecule is CCNS(=O)(=O)c1ccc(F)c(C(=O)NC[C@@](C)(O)C2CCCCC2)c1. The molecule has 0 unspecified atom stereocenters. The highest BCUT2D eigenvalue weighted by atomic mass is 32.2. The first-order valence-electron chi connectivity index (χ1n) is 8.97. The Balaban J connectivity index is 2.11. The molecule has 0 radical (unpaired) electrons. The maximum atomic E-state index is 14.0. The third kappa shape index (κ3) is 5.02. The van der Waals surface area contributed by atoms with Gasteiger partial charge in [-0.2, -0.15) is 0 Å². The Morgan fingerprint density at radius 2 is 1.96 bits per heavy atom. The number of amides is 1. The van der Waals surface area contributed by atoms with Gasteiger partial charge in [0.15, 0.2) is 0 Å². The topological polar surface area (TPSA) is 95.5 Å². The van der Waals surface area contributed by atoms with Crippen LogP contribution in [0.3, 0.4) is 0 Å². The van der Waals surface area contributed by atoms with Crippen molar-refractivity contribution in [1.82, 2.24) is 10.0 Å². The third-order valence-electron chi connectivity index (χ3n) is 4.92. The summed E-state index contributed by atoms with van der Waals surface area (Å²) >= 11 is 0. The molecule has 2 rings (SSSR count). The molecule has 1 atom stereocenters. The van der Waals surface area contributed by atoms with Crippen LogP contribution in [-0.4, -0.2) is 38.1 Å². The fourth-order valence-corrected chi connectivity index (χ4v) is 4.41. The van der Waals surface area contributed by atoms with Crippen molar-refractivity contribution < 1.29 is 22.7 Å². The molecule has 146 valence electrons. The number of hydrogen-bond donors (Lipinski definition) is 3. The summed E-state index contributed by atoms with van der Waals surface area (Å²) in [6.45, 7) is 3.47. The molecule has 1 aromatic rings. The number of rotatable bonds is 7. The zero-order chi connectivity index (χ0) is 19.4. The third-order valence-corrected chi connectivity index (χ3v) is 6.46. The van der Waals surface area contributed by atoms with Gasteiger partial charge in [0.2, 0.25) is 10.0 Å². The molecule has 0 aliphatic heterocycles. The van der Waals surface area contributed by atoms with Gasteiger partial charge in [-0.05, 0) is 43.9 Å². The van der Waals surface area contributed by atoms with Gasteiger partial charge in [-0.25, -0.2) is 17.5 Å². The van der Waals surface area contributed by atoms with Crippen LogP contribution < -0.4 is 10.0 Å². The summed E-state index contributed by atoms with van der Waals surface area (Å²) in [6, 6.07) is 3.08. The van der Waals surface area contributed by atoms with Crippen LogP contribution in [0.5, 0.6) is 0 Å². The fourth-order valence-electron chi connectivity index (χ4n) is 3.34. The van der Waals surface area contributed by atoms with Crippen LogP contribution in [0.2, 0.25) is 0 Å². The number of carbonyl (C=O) groups excluding carboxylic acids is 1. The largest absolute Gasteiger partial charge is 0.388 e. The van der Waals surface area contributed by atoms with E-state index in [9.17, 15) is 22.7 Å². The molecule has 0 aromatic heterocycles. The maximum absolute atomic E-state index is 14.0. The van der Waals surface area contributed by atoms with Crippen molar-refractivity contribution in [3.8, 4) is 0 Å². The van der Waals surface area contributed by atoms with Crippen molar-refractivity contribution in [2.45, 2.75) is 56.4 Å². The Bertz CT molecular complexity index is 744. The van der Waals surface area contributed by atoms with E-state index in [0.29, 0.717) is 0 Å². The van der Waals surface area contributed by atoms with Crippen LogP contribution in [0.25, 0.3) is 0 Å². The first kappa shape index (κ1) is 20.8. The molecule has 0 bridgehead atoms. The van der Waals surface area contributed by atoms with Crippen molar-refractivity contribution in [3.05, 3.63) is 29.6 Å². The second-order valence-electron chi connectivity index (χ2n) is 7.02. The van der Waals surface area contributed by atoms with Crippen LogP contribution in [-0.2, 0) is 10.0 Å². The average molecular weight is 386 g/mol. The number of sulfonamides is 1. The minimum Gasteiger partial charge on any atom is -0.388 e. The predicted molar refractivity (Wildman–Crippen MR) is 96.8 cm³/mol. The van der Waals surface area contributed by atoms with Gasteiger partial charge in [-0.3, -0.25) is 4.79 Å². The lowest BCUT2D eigenvalue weighted by molar-refractivity contribution is -0.0143. The molecule has 1 fully saturated rings. The molecule has 1 saturated carbocycles. The summed E-state index contributed by atoms with van der Waals surface area (Å²) in [5, 5.41) is 13.2. The molecule has 0 saturated heterocycles. The van der Waals surface area contributed by atoms with Gasteiger partial charge >= 0.3 is 0 Å². The molecule has 1 aliphatic carbocycles. The highest BCUT2D eigenvalue weighted by Gasteiger charge is 2.33. The van der Waals surface area contributed by atoms with E-state index >= 15 is 0 Å². The van der Waals surface area contributed by atoms with Gasteiger partial charge in [0.05, 0.1) is 16.1 Å². The molecule has 3 N–H and O–H groups in total. The van der Waals surface area contributed by atoms with E-state index in [4.69, 9.17) is 0 Å². The van der Waals surface area contributed by atoms with Gasteiger partial charge in [0, 0.05) is 13.1 Å². The lowest BCUT2D eigenvalue weighted by Crippen LogP contribution is -2.46. The fraction of sp³-hybridized carbons (Fsp3) is 0.611. The summed E-state index contributed by atoms with van der Waals surface area (Å²) in [5.41, 5.74) is -1.44. The normalized spacial score (nSPS) is 18.3. The molecule has 0 spiro atoms. The number of benzene rings is 1. The number of halogens is 1. The predicted octanol–water partition coefficient (Wildman–Crippen LogP) is 2.18. The second-order valence-corrected chi connectivity index (χ2v) is 8.78. The highest BCUT2D eigenvalue weighted by Crippen LogP contribution is 2.32. The average Bonchev–Trinajstić information content (AvgIpc) is 2.60. The molecule has 26 heavy (non-hydrogen) atoms. The molecule has 0 heterocycles. The highest BCUT2D eigenvalue weighted by molar-refractivity contribution is 7.89. The van der Waals surface area contributed by atoms with E-state index in [-0.39, 0.29) is 29.5 Å². The van der Waals surface area contributed by atoms with Gasteiger partial charge in [0.1, 0.15) is 5.82 Å². The van der Waals surface area contributed by atoms with Crippen LogP contribution in [0.15, 0.2) is 23.1 Å². The molecule has 1 aromatic carbocycles. The second kappa shape index (κ2) is 8.45. The monoisotopic (exact) mass is 386 g/mol. The molecule has 8 heteroatoms. The van der Waals surface area contributed by atoms with Crippen LogP contribution in [0.4, 0.5) is 4.39 Å². The number of hydrogen-bond acceptors (Lipinski definition) is 4. The van der Waals surface area contributed by atoms with Crippen molar-refractivity contribution in [3.63, 3.8) is 0 Å². The number of carbonyl (C=O) groups is 1. The molecule has 1 amide bonds.